The summed E-state index contributed by atoms with van der Waals surface area (Å²) in [5.74, 6) is 0. The average molecular weight is 261 g/mol. The quantitative estimate of drug-likeness (QED) is 0.908. The summed E-state index contributed by atoms with van der Waals surface area (Å²) in [6.07, 6.45) is 10.0. The highest BCUT2D eigenvalue weighted by Crippen LogP contribution is 2.29. The largest absolute Gasteiger partial charge is 0.350 e. The molecule has 2 unspecified atom stereocenters. The maximum Gasteiger partial charge on any atom is 0.0375 e. The third-order valence-corrected chi connectivity index (χ3v) is 4.92. The number of hydrogen-bond acceptors (Lipinski definition) is 2. The van der Waals surface area contributed by atoms with Crippen molar-refractivity contribution in [3.63, 3.8) is 0 Å². The minimum Gasteiger partial charge on any atom is -0.350 e. The summed E-state index contributed by atoms with van der Waals surface area (Å²) >= 11 is 0. The first kappa shape index (κ1) is 13.2. The van der Waals surface area contributed by atoms with Gasteiger partial charge in [-0.3, -0.25) is 4.90 Å². The molecule has 106 valence electrons. The van der Waals surface area contributed by atoms with Crippen LogP contribution in [-0.2, 0) is 13.0 Å². The Hall–Kier alpha value is -0.800. The number of rotatable bonds is 3. The van der Waals surface area contributed by atoms with Gasteiger partial charge in [-0.25, -0.2) is 0 Å². The van der Waals surface area contributed by atoms with E-state index < -0.39 is 0 Å². The normalized spacial score (nSPS) is 26.1. The Morgan fingerprint density at radius 2 is 2.05 bits per heavy atom. The fourth-order valence-corrected chi connectivity index (χ4v) is 3.72. The number of nitrogens with zero attached hydrogens (tertiary/aromatic N) is 2. The van der Waals surface area contributed by atoms with Crippen LogP contribution in [-0.4, -0.2) is 28.6 Å². The maximum atomic E-state index is 6.21. The minimum absolute atomic E-state index is 0.273. The Balaban J connectivity index is 1.69. The van der Waals surface area contributed by atoms with Gasteiger partial charge in [0.05, 0.1) is 0 Å². The summed E-state index contributed by atoms with van der Waals surface area (Å²) in [5.41, 5.74) is 9.11. The van der Waals surface area contributed by atoms with E-state index in [0.29, 0.717) is 6.04 Å². The number of aromatic nitrogens is 1. The molecule has 2 N–H and O–H groups in total. The molecule has 3 heteroatoms. The van der Waals surface area contributed by atoms with E-state index in [9.17, 15) is 0 Å². The van der Waals surface area contributed by atoms with Crippen molar-refractivity contribution >= 4 is 0 Å². The molecule has 1 aliphatic carbocycles. The Morgan fingerprint density at radius 3 is 2.84 bits per heavy atom. The Bertz CT molecular complexity index is 418. The minimum atomic E-state index is 0.273. The summed E-state index contributed by atoms with van der Waals surface area (Å²) in [5, 5.41) is 0. The summed E-state index contributed by atoms with van der Waals surface area (Å²) < 4.78 is 2.47. The van der Waals surface area contributed by atoms with E-state index in [4.69, 9.17) is 5.73 Å². The zero-order chi connectivity index (χ0) is 13.2. The van der Waals surface area contributed by atoms with Gasteiger partial charge in [0.15, 0.2) is 0 Å². The van der Waals surface area contributed by atoms with Gasteiger partial charge >= 0.3 is 0 Å². The van der Waals surface area contributed by atoms with E-state index >= 15 is 0 Å². The van der Waals surface area contributed by atoms with Crippen molar-refractivity contribution in [2.24, 2.45) is 5.73 Å². The van der Waals surface area contributed by atoms with Gasteiger partial charge in [-0.05, 0) is 63.7 Å². The van der Waals surface area contributed by atoms with Crippen molar-refractivity contribution in [2.45, 2.75) is 64.1 Å². The molecule has 2 atom stereocenters. The molecule has 0 spiro atoms. The number of nitrogens with two attached hydrogens (primary N) is 1. The molecule has 1 saturated heterocycles. The predicted octanol–water partition coefficient (Wildman–Crippen LogP) is 2.70. The molecule has 0 aromatic carbocycles. The molecule has 0 bridgehead atoms. The number of fused-ring (bicyclic) bond motifs is 1. The molecular weight excluding hydrogens is 234 g/mol. The van der Waals surface area contributed by atoms with Gasteiger partial charge in [-0.1, -0.05) is 6.42 Å². The van der Waals surface area contributed by atoms with Gasteiger partial charge in [0, 0.05) is 30.5 Å². The van der Waals surface area contributed by atoms with Gasteiger partial charge < -0.3 is 10.3 Å². The molecule has 0 radical (unpaired) electrons. The lowest BCUT2D eigenvalue weighted by molar-refractivity contribution is 0.159. The van der Waals surface area contributed by atoms with Crippen LogP contribution in [0.4, 0.5) is 0 Å². The van der Waals surface area contributed by atoms with E-state index in [0.717, 1.165) is 13.0 Å². The summed E-state index contributed by atoms with van der Waals surface area (Å²) in [6.45, 7) is 6.07. The van der Waals surface area contributed by atoms with Crippen LogP contribution in [0.1, 0.15) is 56.3 Å². The fourth-order valence-electron chi connectivity index (χ4n) is 3.72. The smallest absolute Gasteiger partial charge is 0.0375 e. The van der Waals surface area contributed by atoms with Crippen molar-refractivity contribution in [2.75, 3.05) is 13.1 Å². The van der Waals surface area contributed by atoms with Crippen LogP contribution in [0.15, 0.2) is 12.3 Å². The van der Waals surface area contributed by atoms with E-state index in [1.54, 1.807) is 0 Å². The lowest BCUT2D eigenvalue weighted by atomic mass is 9.93. The molecule has 0 amide bonds. The van der Waals surface area contributed by atoms with Crippen molar-refractivity contribution in [3.8, 4) is 0 Å². The molecule has 1 aromatic heterocycles. The van der Waals surface area contributed by atoms with Crippen molar-refractivity contribution < 1.29 is 0 Å². The second kappa shape index (κ2) is 5.68. The second-order valence-corrected chi connectivity index (χ2v) is 6.31. The second-order valence-electron chi connectivity index (χ2n) is 6.31. The molecule has 19 heavy (non-hydrogen) atoms. The third-order valence-electron chi connectivity index (χ3n) is 4.92. The van der Waals surface area contributed by atoms with Crippen LogP contribution in [0.5, 0.6) is 0 Å². The average Bonchev–Trinajstić information content (AvgIpc) is 2.84. The van der Waals surface area contributed by atoms with Gasteiger partial charge in [-0.2, -0.15) is 0 Å². The standard InChI is InChI=1S/C16H27N3/c1-13(18-9-3-2-4-10-18)12-19-11-8-14-15(17)6-5-7-16(14)19/h8,11,13,15H,2-7,9-10,12,17H2,1H3. The van der Waals surface area contributed by atoms with Gasteiger partial charge in [0.1, 0.15) is 0 Å². The van der Waals surface area contributed by atoms with Gasteiger partial charge in [-0.15, -0.1) is 0 Å². The zero-order valence-corrected chi connectivity index (χ0v) is 12.1. The fraction of sp³-hybridized carbons (Fsp3) is 0.750. The maximum absolute atomic E-state index is 6.21. The molecule has 0 saturated carbocycles. The molecule has 1 aliphatic heterocycles. The lowest BCUT2D eigenvalue weighted by Gasteiger charge is -2.33. The molecule has 2 heterocycles. The highest BCUT2D eigenvalue weighted by atomic mass is 15.2. The summed E-state index contributed by atoms with van der Waals surface area (Å²) in [6, 6.07) is 3.17. The van der Waals surface area contributed by atoms with Crippen LogP contribution in [0, 0.1) is 0 Å². The topological polar surface area (TPSA) is 34.2 Å². The van der Waals surface area contributed by atoms with Crippen LogP contribution in [0.3, 0.4) is 0 Å². The monoisotopic (exact) mass is 261 g/mol. The van der Waals surface area contributed by atoms with E-state index in [2.05, 4.69) is 28.7 Å². The Labute approximate surface area is 116 Å². The van der Waals surface area contributed by atoms with Crippen molar-refractivity contribution in [1.82, 2.24) is 9.47 Å². The highest BCUT2D eigenvalue weighted by Gasteiger charge is 2.22. The number of hydrogen-bond donors (Lipinski definition) is 1. The summed E-state index contributed by atoms with van der Waals surface area (Å²) in [7, 11) is 0. The van der Waals surface area contributed by atoms with Crippen molar-refractivity contribution in [1.29, 1.82) is 0 Å². The van der Waals surface area contributed by atoms with Crippen molar-refractivity contribution in [3.05, 3.63) is 23.5 Å². The molecule has 1 fully saturated rings. The molecule has 3 nitrogen and oxygen atoms in total. The van der Waals surface area contributed by atoms with Crippen LogP contribution in [0.25, 0.3) is 0 Å². The van der Waals surface area contributed by atoms with Crippen LogP contribution in [0.2, 0.25) is 0 Å². The zero-order valence-electron chi connectivity index (χ0n) is 12.1. The molecule has 3 rings (SSSR count). The number of piperidine rings is 1. The Kier molecular flexibility index (Phi) is 3.94. The van der Waals surface area contributed by atoms with E-state index in [-0.39, 0.29) is 6.04 Å². The van der Waals surface area contributed by atoms with Gasteiger partial charge in [0.2, 0.25) is 0 Å². The molecule has 1 aromatic rings. The lowest BCUT2D eigenvalue weighted by Crippen LogP contribution is -2.40. The number of likely N-dealkylation sites (tertiary alicyclic amines) is 1. The first-order valence-corrected chi connectivity index (χ1v) is 7.93. The van der Waals surface area contributed by atoms with Gasteiger partial charge in [0.25, 0.3) is 0 Å². The Morgan fingerprint density at radius 1 is 1.26 bits per heavy atom. The predicted molar refractivity (Wildman–Crippen MR) is 79.2 cm³/mol. The molecule has 2 aliphatic rings. The van der Waals surface area contributed by atoms with Crippen LogP contribution >= 0.6 is 0 Å². The first-order valence-electron chi connectivity index (χ1n) is 7.93. The van der Waals surface area contributed by atoms with Crippen LogP contribution < -0.4 is 5.73 Å². The molecular formula is C16H27N3. The summed E-state index contributed by atoms with van der Waals surface area (Å²) in [4.78, 5) is 2.65. The third kappa shape index (κ3) is 2.72. The van der Waals surface area contributed by atoms with E-state index in [1.165, 1.54) is 56.5 Å². The SMILES string of the molecule is CC(Cn1ccc2c1CCCC2N)N1CCCCC1. The first-order chi connectivity index (χ1) is 9.25. The van der Waals surface area contributed by atoms with E-state index in [1.807, 2.05) is 0 Å². The highest BCUT2D eigenvalue weighted by molar-refractivity contribution is 5.28.